The van der Waals surface area contributed by atoms with Gasteiger partial charge in [0.05, 0.1) is 0 Å². The Kier molecular flexibility index (Phi) is 3.44. The molecule has 0 aliphatic carbocycles. The van der Waals surface area contributed by atoms with Crippen LogP contribution >= 0.6 is 0 Å². The molecule has 2 atom stereocenters. The molecule has 0 radical (unpaired) electrons. The van der Waals surface area contributed by atoms with Crippen molar-refractivity contribution in [2.45, 2.75) is 25.7 Å². The van der Waals surface area contributed by atoms with Crippen LogP contribution in [0.25, 0.3) is 0 Å². The summed E-state index contributed by atoms with van der Waals surface area (Å²) in [5, 5.41) is 0. The normalized spacial score (nSPS) is 29.2. The molecule has 0 aromatic heterocycles. The number of amides is 1. The fraction of sp³-hybridized carbons (Fsp3) is 0.533. The van der Waals surface area contributed by atoms with Crippen LogP contribution in [0.3, 0.4) is 0 Å². The molecule has 0 bridgehead atoms. The van der Waals surface area contributed by atoms with Crippen molar-refractivity contribution in [3.8, 4) is 0 Å². The van der Waals surface area contributed by atoms with Crippen molar-refractivity contribution in [2.75, 3.05) is 20.1 Å². The molecule has 1 aromatic rings. The Bertz CT molecular complexity index is 458. The lowest BCUT2D eigenvalue weighted by Crippen LogP contribution is -2.45. The van der Waals surface area contributed by atoms with E-state index in [2.05, 4.69) is 31.9 Å². The molecule has 1 aliphatic rings. The van der Waals surface area contributed by atoms with E-state index in [0.29, 0.717) is 11.5 Å². The minimum absolute atomic E-state index is 0.137. The van der Waals surface area contributed by atoms with E-state index in [4.69, 9.17) is 5.73 Å². The van der Waals surface area contributed by atoms with Gasteiger partial charge in [-0.25, -0.2) is 0 Å². The Labute approximate surface area is 109 Å². The minimum Gasteiger partial charge on any atom is -0.366 e. The molecule has 1 aromatic carbocycles. The number of carbonyl (C=O) groups is 1. The van der Waals surface area contributed by atoms with Crippen molar-refractivity contribution in [1.29, 1.82) is 0 Å². The molecule has 98 valence electrons. The summed E-state index contributed by atoms with van der Waals surface area (Å²) in [4.78, 5) is 13.7. The van der Waals surface area contributed by atoms with Crippen molar-refractivity contribution in [1.82, 2.24) is 4.90 Å². The van der Waals surface area contributed by atoms with E-state index in [-0.39, 0.29) is 11.3 Å². The monoisotopic (exact) mass is 246 g/mol. The highest BCUT2D eigenvalue weighted by atomic mass is 16.1. The van der Waals surface area contributed by atoms with Crippen LogP contribution in [0.1, 0.15) is 36.2 Å². The summed E-state index contributed by atoms with van der Waals surface area (Å²) in [6.07, 6.45) is 1.12. The van der Waals surface area contributed by atoms with E-state index >= 15 is 0 Å². The number of likely N-dealkylation sites (tertiary alicyclic amines) is 1. The van der Waals surface area contributed by atoms with E-state index in [1.54, 1.807) is 6.07 Å². The fourth-order valence-corrected chi connectivity index (χ4v) is 2.89. The maximum atomic E-state index is 11.3. The lowest BCUT2D eigenvalue weighted by molar-refractivity contribution is 0.0999. The number of hydrogen-bond donors (Lipinski definition) is 1. The highest BCUT2D eigenvalue weighted by Crippen LogP contribution is 2.39. The van der Waals surface area contributed by atoms with E-state index in [1.165, 1.54) is 5.56 Å². The minimum atomic E-state index is -0.346. The molecule has 2 N–H and O–H groups in total. The van der Waals surface area contributed by atoms with Gasteiger partial charge in [-0.05, 0) is 49.0 Å². The van der Waals surface area contributed by atoms with Crippen molar-refractivity contribution in [3.05, 3.63) is 35.4 Å². The SMILES string of the molecule is C[C@H]1CN(C)CC[C@@]1(C)c1cccc(C(N)=O)c1. The average Bonchev–Trinajstić information content (AvgIpc) is 2.34. The number of piperidine rings is 1. The highest BCUT2D eigenvalue weighted by Gasteiger charge is 2.37. The summed E-state index contributed by atoms with van der Waals surface area (Å²) in [7, 11) is 2.16. The molecule has 0 spiro atoms. The maximum Gasteiger partial charge on any atom is 0.248 e. The third kappa shape index (κ3) is 2.27. The first-order valence-electron chi connectivity index (χ1n) is 6.52. The average molecular weight is 246 g/mol. The van der Waals surface area contributed by atoms with Crippen LogP contribution in [0, 0.1) is 5.92 Å². The molecule has 1 aliphatic heterocycles. The van der Waals surface area contributed by atoms with Crippen LogP contribution in [0.2, 0.25) is 0 Å². The van der Waals surface area contributed by atoms with Gasteiger partial charge < -0.3 is 10.6 Å². The summed E-state index contributed by atoms with van der Waals surface area (Å²) in [5.41, 5.74) is 7.35. The summed E-state index contributed by atoms with van der Waals surface area (Å²) in [6, 6.07) is 7.80. The summed E-state index contributed by atoms with van der Waals surface area (Å²) >= 11 is 0. The van der Waals surface area contributed by atoms with Gasteiger partial charge in [0, 0.05) is 12.1 Å². The Morgan fingerprint density at radius 2 is 2.22 bits per heavy atom. The van der Waals surface area contributed by atoms with Gasteiger partial charge in [0.25, 0.3) is 0 Å². The zero-order valence-corrected chi connectivity index (χ0v) is 11.4. The molecule has 3 heteroatoms. The van der Waals surface area contributed by atoms with Crippen LogP contribution in [0.4, 0.5) is 0 Å². The fourth-order valence-electron chi connectivity index (χ4n) is 2.89. The molecule has 3 nitrogen and oxygen atoms in total. The van der Waals surface area contributed by atoms with Crippen LogP contribution in [-0.2, 0) is 5.41 Å². The van der Waals surface area contributed by atoms with E-state index in [0.717, 1.165) is 19.5 Å². The molecule has 18 heavy (non-hydrogen) atoms. The van der Waals surface area contributed by atoms with Gasteiger partial charge in [0.1, 0.15) is 0 Å². The lowest BCUT2D eigenvalue weighted by atomic mass is 9.68. The van der Waals surface area contributed by atoms with Gasteiger partial charge in [-0.1, -0.05) is 26.0 Å². The predicted molar refractivity (Wildman–Crippen MR) is 73.6 cm³/mol. The summed E-state index contributed by atoms with van der Waals surface area (Å²) in [5.74, 6) is 0.223. The Morgan fingerprint density at radius 1 is 1.50 bits per heavy atom. The second kappa shape index (κ2) is 4.73. The molecule has 1 saturated heterocycles. The van der Waals surface area contributed by atoms with Crippen LogP contribution < -0.4 is 5.73 Å². The topological polar surface area (TPSA) is 46.3 Å². The smallest absolute Gasteiger partial charge is 0.248 e. The third-order valence-electron chi connectivity index (χ3n) is 4.49. The number of nitrogens with two attached hydrogens (primary N) is 1. The standard InChI is InChI=1S/C15H22N2O/c1-11-10-17(3)8-7-15(11,2)13-6-4-5-12(9-13)14(16)18/h4-6,9,11H,7-8,10H2,1-3H3,(H2,16,18)/t11-,15+/m0/s1. The number of rotatable bonds is 2. The van der Waals surface area contributed by atoms with Crippen LogP contribution in [0.5, 0.6) is 0 Å². The molecular formula is C15H22N2O. The van der Waals surface area contributed by atoms with Crippen LogP contribution in [0.15, 0.2) is 24.3 Å². The van der Waals surface area contributed by atoms with E-state index in [9.17, 15) is 4.79 Å². The maximum absolute atomic E-state index is 11.3. The molecule has 1 fully saturated rings. The molecule has 0 saturated carbocycles. The summed E-state index contributed by atoms with van der Waals surface area (Å²) in [6.45, 7) is 6.77. The van der Waals surface area contributed by atoms with Gasteiger partial charge in [0.2, 0.25) is 5.91 Å². The molecule has 0 unspecified atom stereocenters. The Hall–Kier alpha value is -1.35. The number of primary amides is 1. The number of hydrogen-bond acceptors (Lipinski definition) is 2. The summed E-state index contributed by atoms with van der Waals surface area (Å²) < 4.78 is 0. The first kappa shape index (κ1) is 13.1. The largest absolute Gasteiger partial charge is 0.366 e. The van der Waals surface area contributed by atoms with Gasteiger partial charge >= 0.3 is 0 Å². The first-order valence-corrected chi connectivity index (χ1v) is 6.52. The molecule has 2 rings (SSSR count). The predicted octanol–water partition coefficient (Wildman–Crippen LogP) is 2.01. The highest BCUT2D eigenvalue weighted by molar-refractivity contribution is 5.92. The van der Waals surface area contributed by atoms with E-state index < -0.39 is 0 Å². The third-order valence-corrected chi connectivity index (χ3v) is 4.49. The van der Waals surface area contributed by atoms with Crippen molar-refractivity contribution in [3.63, 3.8) is 0 Å². The van der Waals surface area contributed by atoms with Gasteiger partial charge in [0.15, 0.2) is 0 Å². The second-order valence-electron chi connectivity index (χ2n) is 5.78. The van der Waals surface area contributed by atoms with Gasteiger partial charge in [-0.15, -0.1) is 0 Å². The van der Waals surface area contributed by atoms with Crippen molar-refractivity contribution >= 4 is 5.91 Å². The number of nitrogens with zero attached hydrogens (tertiary/aromatic N) is 1. The number of benzene rings is 1. The van der Waals surface area contributed by atoms with Gasteiger partial charge in [-0.3, -0.25) is 4.79 Å². The van der Waals surface area contributed by atoms with Crippen molar-refractivity contribution in [2.24, 2.45) is 11.7 Å². The first-order chi connectivity index (χ1) is 8.43. The zero-order valence-electron chi connectivity index (χ0n) is 11.4. The quantitative estimate of drug-likeness (QED) is 0.867. The molecule has 1 heterocycles. The Morgan fingerprint density at radius 3 is 2.83 bits per heavy atom. The lowest BCUT2D eigenvalue weighted by Gasteiger charge is -2.44. The van der Waals surface area contributed by atoms with E-state index in [1.807, 2.05) is 12.1 Å². The second-order valence-corrected chi connectivity index (χ2v) is 5.78. The Balaban J connectivity index is 2.35. The van der Waals surface area contributed by atoms with Gasteiger partial charge in [-0.2, -0.15) is 0 Å². The molecular weight excluding hydrogens is 224 g/mol. The zero-order chi connectivity index (χ0) is 13.3. The van der Waals surface area contributed by atoms with Crippen molar-refractivity contribution < 1.29 is 4.79 Å². The number of carbonyl (C=O) groups excluding carboxylic acids is 1. The molecule has 1 amide bonds. The van der Waals surface area contributed by atoms with Crippen LogP contribution in [-0.4, -0.2) is 30.9 Å².